The normalized spacial score (nSPS) is 10.3. The van der Waals surface area contributed by atoms with Crippen molar-refractivity contribution in [1.29, 1.82) is 0 Å². The summed E-state index contributed by atoms with van der Waals surface area (Å²) in [6, 6.07) is 8.21. The van der Waals surface area contributed by atoms with Crippen LogP contribution in [0.25, 0.3) is 0 Å². The fourth-order valence-corrected chi connectivity index (χ4v) is 1.11. The van der Waals surface area contributed by atoms with E-state index in [0.717, 1.165) is 17.0 Å². The molecule has 78 valence electrons. The number of allylic oxidation sites excluding steroid dienone is 3. The zero-order valence-electron chi connectivity index (χ0n) is 9.38. The summed E-state index contributed by atoms with van der Waals surface area (Å²) < 4.78 is 0. The van der Waals surface area contributed by atoms with Gasteiger partial charge >= 0.3 is 0 Å². The summed E-state index contributed by atoms with van der Waals surface area (Å²) in [5.74, 6) is 0. The molecule has 0 aromatic heterocycles. The zero-order chi connectivity index (χ0) is 11.3. The molecule has 0 unspecified atom stereocenters. The van der Waals surface area contributed by atoms with Crippen LogP contribution in [0.2, 0.25) is 0 Å². The lowest BCUT2D eigenvalue weighted by Crippen LogP contribution is -1.94. The highest BCUT2D eigenvalue weighted by molar-refractivity contribution is 5.51. The van der Waals surface area contributed by atoms with Crippen molar-refractivity contribution in [3.8, 4) is 0 Å². The van der Waals surface area contributed by atoms with Crippen molar-refractivity contribution in [2.75, 3.05) is 5.32 Å². The fourth-order valence-electron chi connectivity index (χ4n) is 1.11. The second-order valence-electron chi connectivity index (χ2n) is 3.70. The highest BCUT2D eigenvalue weighted by Gasteiger charge is 1.91. The molecule has 0 aliphatic rings. The maximum atomic E-state index is 3.91. The first-order valence-corrected chi connectivity index (χ1v) is 4.94. The van der Waals surface area contributed by atoms with Gasteiger partial charge in [-0.1, -0.05) is 42.5 Å². The number of hydrogen-bond donors (Lipinski definition) is 1. The van der Waals surface area contributed by atoms with Crippen LogP contribution in [0.15, 0.2) is 60.8 Å². The molecule has 1 aromatic carbocycles. The Labute approximate surface area is 91.8 Å². The Balaban J connectivity index is 2.59. The molecule has 1 heteroatoms. The first-order valence-electron chi connectivity index (χ1n) is 4.94. The summed E-state index contributed by atoms with van der Waals surface area (Å²) in [6.45, 7) is 11.7. The lowest BCUT2D eigenvalue weighted by Gasteiger charge is -2.05. The smallest absolute Gasteiger partial charge is 0.0384 e. The van der Waals surface area contributed by atoms with Gasteiger partial charge in [0.05, 0.1) is 0 Å². The summed E-state index contributed by atoms with van der Waals surface area (Å²) in [6.07, 6.45) is 3.85. The predicted molar refractivity (Wildman–Crippen MR) is 67.9 cm³/mol. The van der Waals surface area contributed by atoms with E-state index in [2.05, 4.69) is 37.5 Å². The Kier molecular flexibility index (Phi) is 3.92. The van der Waals surface area contributed by atoms with E-state index in [1.807, 2.05) is 31.2 Å². The van der Waals surface area contributed by atoms with Gasteiger partial charge in [-0.3, -0.25) is 0 Å². The van der Waals surface area contributed by atoms with Crippen LogP contribution in [0.4, 0.5) is 5.69 Å². The molecule has 1 aromatic rings. The first-order chi connectivity index (χ1) is 7.08. The second-order valence-corrected chi connectivity index (χ2v) is 3.70. The fraction of sp³-hybridized carbons (Fsp3) is 0.143. The number of nitrogens with one attached hydrogen (secondary N) is 1. The van der Waals surface area contributed by atoms with Crippen LogP contribution in [0.3, 0.4) is 0 Å². The van der Waals surface area contributed by atoms with E-state index >= 15 is 0 Å². The lowest BCUT2D eigenvalue weighted by atomic mass is 10.2. The summed E-state index contributed by atoms with van der Waals surface area (Å²) in [5, 5.41) is 3.20. The van der Waals surface area contributed by atoms with Gasteiger partial charge in [0.15, 0.2) is 0 Å². The van der Waals surface area contributed by atoms with E-state index in [9.17, 15) is 0 Å². The van der Waals surface area contributed by atoms with Crippen LogP contribution >= 0.6 is 0 Å². The van der Waals surface area contributed by atoms with Gasteiger partial charge in [-0.2, -0.15) is 0 Å². The molecule has 0 atom stereocenters. The molecular formula is C14H17N. The van der Waals surface area contributed by atoms with Crippen LogP contribution in [0.5, 0.6) is 0 Å². The molecule has 0 bridgehead atoms. The van der Waals surface area contributed by atoms with Crippen LogP contribution in [-0.4, -0.2) is 0 Å². The minimum atomic E-state index is 0.863. The Morgan fingerprint density at radius 1 is 1.13 bits per heavy atom. The molecule has 0 saturated heterocycles. The van der Waals surface area contributed by atoms with Crippen molar-refractivity contribution in [3.05, 3.63) is 66.4 Å². The topological polar surface area (TPSA) is 12.0 Å². The van der Waals surface area contributed by atoms with E-state index in [-0.39, 0.29) is 0 Å². The van der Waals surface area contributed by atoms with E-state index in [1.165, 1.54) is 5.56 Å². The van der Waals surface area contributed by atoms with Gasteiger partial charge in [0.2, 0.25) is 0 Å². The summed E-state index contributed by atoms with van der Waals surface area (Å²) in [7, 11) is 0. The summed E-state index contributed by atoms with van der Waals surface area (Å²) >= 11 is 0. The third-order valence-electron chi connectivity index (χ3n) is 1.93. The highest BCUT2D eigenvalue weighted by Crippen LogP contribution is 2.11. The van der Waals surface area contributed by atoms with Gasteiger partial charge in [-0.15, -0.1) is 0 Å². The van der Waals surface area contributed by atoms with Gasteiger partial charge in [0.1, 0.15) is 0 Å². The number of rotatable bonds is 4. The van der Waals surface area contributed by atoms with Gasteiger partial charge in [0, 0.05) is 11.4 Å². The molecule has 0 saturated carbocycles. The van der Waals surface area contributed by atoms with E-state index in [1.54, 1.807) is 0 Å². The molecule has 0 aliphatic carbocycles. The van der Waals surface area contributed by atoms with Gasteiger partial charge < -0.3 is 5.32 Å². The third-order valence-corrected chi connectivity index (χ3v) is 1.93. The number of anilines is 1. The molecule has 0 fully saturated rings. The quantitative estimate of drug-likeness (QED) is 0.721. The average Bonchev–Trinajstić information content (AvgIpc) is 2.19. The second kappa shape index (κ2) is 5.20. The molecule has 15 heavy (non-hydrogen) atoms. The lowest BCUT2D eigenvalue weighted by molar-refractivity contribution is 1.43. The Morgan fingerprint density at radius 2 is 1.73 bits per heavy atom. The molecule has 1 N–H and O–H groups in total. The van der Waals surface area contributed by atoms with E-state index in [4.69, 9.17) is 0 Å². The zero-order valence-corrected chi connectivity index (χ0v) is 9.38. The average molecular weight is 199 g/mol. The first kappa shape index (κ1) is 11.3. The molecule has 0 aliphatic heterocycles. The number of benzene rings is 1. The number of aryl methyl sites for hydroxylation is 1. The Bertz CT molecular complexity index is 382. The van der Waals surface area contributed by atoms with Crippen LogP contribution < -0.4 is 5.32 Å². The maximum absolute atomic E-state index is 3.91. The van der Waals surface area contributed by atoms with Crippen LogP contribution in [0.1, 0.15) is 12.5 Å². The largest absolute Gasteiger partial charge is 0.356 e. The van der Waals surface area contributed by atoms with Crippen LogP contribution in [0, 0.1) is 6.92 Å². The van der Waals surface area contributed by atoms with Crippen molar-refractivity contribution in [3.63, 3.8) is 0 Å². The Morgan fingerprint density at radius 3 is 2.27 bits per heavy atom. The Hall–Kier alpha value is -1.76. The predicted octanol–water partition coefficient (Wildman–Crippen LogP) is 4.05. The van der Waals surface area contributed by atoms with Crippen molar-refractivity contribution < 1.29 is 0 Å². The third kappa shape index (κ3) is 4.32. The molecule has 0 amide bonds. The molecule has 1 nitrogen and oxygen atoms in total. The summed E-state index contributed by atoms with van der Waals surface area (Å²) in [5.41, 5.74) is 4.18. The van der Waals surface area contributed by atoms with Crippen molar-refractivity contribution in [2.24, 2.45) is 0 Å². The number of hydrogen-bond acceptors (Lipinski definition) is 1. The van der Waals surface area contributed by atoms with E-state index < -0.39 is 0 Å². The minimum absolute atomic E-state index is 0.863. The van der Waals surface area contributed by atoms with E-state index in [0.29, 0.717) is 0 Å². The SMILES string of the molecule is C=C(C)/C=C\C(=C)Nc1ccc(C)cc1. The van der Waals surface area contributed by atoms with Crippen molar-refractivity contribution in [2.45, 2.75) is 13.8 Å². The minimum Gasteiger partial charge on any atom is -0.356 e. The van der Waals surface area contributed by atoms with Gasteiger partial charge in [0.25, 0.3) is 0 Å². The molecular weight excluding hydrogens is 182 g/mol. The van der Waals surface area contributed by atoms with Gasteiger partial charge in [-0.05, 0) is 32.1 Å². The monoisotopic (exact) mass is 199 g/mol. The summed E-state index contributed by atoms with van der Waals surface area (Å²) in [4.78, 5) is 0. The highest BCUT2D eigenvalue weighted by atomic mass is 14.9. The standard InChI is InChI=1S/C14H17N/c1-11(2)5-8-13(4)15-14-9-6-12(3)7-10-14/h5-10,15H,1,4H2,2-3H3/b8-5-. The molecule has 1 rings (SSSR count). The maximum Gasteiger partial charge on any atom is 0.0384 e. The van der Waals surface area contributed by atoms with Crippen molar-refractivity contribution >= 4 is 5.69 Å². The molecule has 0 radical (unpaired) electrons. The van der Waals surface area contributed by atoms with Crippen molar-refractivity contribution in [1.82, 2.24) is 0 Å². The van der Waals surface area contributed by atoms with Gasteiger partial charge in [-0.25, -0.2) is 0 Å². The molecule has 0 heterocycles. The molecule has 0 spiro atoms. The van der Waals surface area contributed by atoms with Crippen LogP contribution in [-0.2, 0) is 0 Å².